The number of benzene rings is 1. The number of aromatic nitrogens is 1. The minimum Gasteiger partial charge on any atom is -0.379 e. The van der Waals surface area contributed by atoms with Gasteiger partial charge in [-0.1, -0.05) is 6.07 Å². The molecule has 2 aromatic rings. The van der Waals surface area contributed by atoms with Gasteiger partial charge in [0.05, 0.1) is 13.2 Å². The highest BCUT2D eigenvalue weighted by Gasteiger charge is 2.12. The van der Waals surface area contributed by atoms with Crippen LogP contribution in [0.4, 0.5) is 11.4 Å². The number of ether oxygens (including phenoxy) is 1. The first kappa shape index (κ1) is 18.4. The number of morpholine rings is 1. The third-order valence-electron chi connectivity index (χ3n) is 4.32. The van der Waals surface area contributed by atoms with Crippen molar-refractivity contribution in [3.63, 3.8) is 0 Å². The molecule has 1 fully saturated rings. The first-order valence-corrected chi connectivity index (χ1v) is 9.00. The molecule has 0 spiro atoms. The molecule has 26 heavy (non-hydrogen) atoms. The number of rotatable bonds is 6. The Labute approximate surface area is 154 Å². The van der Waals surface area contributed by atoms with Gasteiger partial charge >= 0.3 is 0 Å². The minimum absolute atomic E-state index is 0.151. The number of anilines is 2. The van der Waals surface area contributed by atoms with E-state index in [0.29, 0.717) is 12.2 Å². The Hall–Kier alpha value is -2.44. The lowest BCUT2D eigenvalue weighted by Gasteiger charge is -2.26. The Morgan fingerprint density at radius 2 is 1.85 bits per heavy atom. The van der Waals surface area contributed by atoms with Crippen LogP contribution < -0.4 is 10.6 Å². The normalized spacial score (nSPS) is 14.8. The smallest absolute Gasteiger partial charge is 0.269 e. The van der Waals surface area contributed by atoms with Crippen molar-refractivity contribution in [3.8, 4) is 0 Å². The fourth-order valence-corrected chi connectivity index (χ4v) is 3.09. The summed E-state index contributed by atoms with van der Waals surface area (Å²) >= 11 is 0. The molecule has 1 aromatic heterocycles. The van der Waals surface area contributed by atoms with Crippen LogP contribution in [0.2, 0.25) is 0 Å². The van der Waals surface area contributed by atoms with Crippen LogP contribution in [-0.2, 0) is 4.74 Å². The summed E-state index contributed by atoms with van der Waals surface area (Å²) in [6.45, 7) is 8.94. The maximum absolute atomic E-state index is 12.4. The second-order valence-electron chi connectivity index (χ2n) is 6.64. The SMILES string of the molecule is Cc1cc(C)cc(Nc2ccnc(C(=O)NCCN3CCOCC3)c2)c1. The van der Waals surface area contributed by atoms with E-state index in [0.717, 1.165) is 44.2 Å². The van der Waals surface area contributed by atoms with Crippen molar-refractivity contribution in [2.45, 2.75) is 13.8 Å². The molecule has 2 N–H and O–H groups in total. The van der Waals surface area contributed by atoms with Gasteiger partial charge in [0, 0.05) is 43.8 Å². The van der Waals surface area contributed by atoms with Crippen LogP contribution in [0.15, 0.2) is 36.5 Å². The molecular formula is C20H26N4O2. The zero-order valence-electron chi connectivity index (χ0n) is 15.4. The standard InChI is InChI=1S/C20H26N4O2/c1-15-11-16(2)13-18(12-15)23-17-3-4-21-19(14-17)20(25)22-5-6-24-7-9-26-10-8-24/h3-4,11-14H,5-10H2,1-2H3,(H,21,23)(H,22,25). The molecular weight excluding hydrogens is 328 g/mol. The zero-order valence-corrected chi connectivity index (χ0v) is 15.4. The summed E-state index contributed by atoms with van der Waals surface area (Å²) in [7, 11) is 0. The van der Waals surface area contributed by atoms with Crippen molar-refractivity contribution in [2.75, 3.05) is 44.7 Å². The van der Waals surface area contributed by atoms with Crippen molar-refractivity contribution in [1.82, 2.24) is 15.2 Å². The van der Waals surface area contributed by atoms with Gasteiger partial charge in [0.15, 0.2) is 0 Å². The average Bonchev–Trinajstić information content (AvgIpc) is 2.62. The molecule has 0 unspecified atom stereocenters. The number of carbonyl (C=O) groups is 1. The van der Waals surface area contributed by atoms with E-state index in [1.165, 1.54) is 11.1 Å². The highest BCUT2D eigenvalue weighted by molar-refractivity contribution is 5.93. The van der Waals surface area contributed by atoms with Crippen LogP contribution in [0, 0.1) is 13.8 Å². The molecule has 0 bridgehead atoms. The fraction of sp³-hybridized carbons (Fsp3) is 0.400. The largest absolute Gasteiger partial charge is 0.379 e. The number of hydrogen-bond acceptors (Lipinski definition) is 5. The van der Waals surface area contributed by atoms with Gasteiger partial charge < -0.3 is 15.4 Å². The molecule has 1 aromatic carbocycles. The van der Waals surface area contributed by atoms with Gasteiger partial charge in [-0.05, 0) is 49.2 Å². The fourth-order valence-electron chi connectivity index (χ4n) is 3.09. The van der Waals surface area contributed by atoms with Gasteiger partial charge in [0.25, 0.3) is 5.91 Å². The van der Waals surface area contributed by atoms with Gasteiger partial charge in [-0.25, -0.2) is 0 Å². The molecule has 1 saturated heterocycles. The lowest BCUT2D eigenvalue weighted by Crippen LogP contribution is -2.41. The molecule has 2 heterocycles. The maximum atomic E-state index is 12.4. The van der Waals surface area contributed by atoms with Gasteiger partial charge in [0.1, 0.15) is 5.69 Å². The molecule has 0 atom stereocenters. The van der Waals surface area contributed by atoms with Gasteiger partial charge in [-0.15, -0.1) is 0 Å². The van der Waals surface area contributed by atoms with E-state index in [1.54, 1.807) is 12.3 Å². The van der Waals surface area contributed by atoms with Crippen LogP contribution in [0.1, 0.15) is 21.6 Å². The number of nitrogens with zero attached hydrogens (tertiary/aromatic N) is 2. The Kier molecular flexibility index (Phi) is 6.20. The highest BCUT2D eigenvalue weighted by Crippen LogP contribution is 2.19. The van der Waals surface area contributed by atoms with E-state index in [-0.39, 0.29) is 5.91 Å². The van der Waals surface area contributed by atoms with Crippen LogP contribution in [0.5, 0.6) is 0 Å². The summed E-state index contributed by atoms with van der Waals surface area (Å²) in [5, 5.41) is 6.29. The number of hydrogen-bond donors (Lipinski definition) is 2. The Morgan fingerprint density at radius 3 is 2.58 bits per heavy atom. The van der Waals surface area contributed by atoms with Crippen LogP contribution in [0.3, 0.4) is 0 Å². The molecule has 0 aliphatic carbocycles. The van der Waals surface area contributed by atoms with Crippen LogP contribution >= 0.6 is 0 Å². The monoisotopic (exact) mass is 354 g/mol. The third-order valence-corrected chi connectivity index (χ3v) is 4.32. The van der Waals surface area contributed by atoms with E-state index in [4.69, 9.17) is 4.74 Å². The topological polar surface area (TPSA) is 66.5 Å². The molecule has 1 aliphatic heterocycles. The van der Waals surface area contributed by atoms with E-state index in [2.05, 4.69) is 52.6 Å². The van der Waals surface area contributed by atoms with Gasteiger partial charge in [-0.2, -0.15) is 0 Å². The zero-order chi connectivity index (χ0) is 18.4. The van der Waals surface area contributed by atoms with Gasteiger partial charge in [-0.3, -0.25) is 14.7 Å². The maximum Gasteiger partial charge on any atom is 0.269 e. The van der Waals surface area contributed by atoms with Crippen molar-refractivity contribution < 1.29 is 9.53 Å². The number of aryl methyl sites for hydroxylation is 2. The molecule has 3 rings (SSSR count). The number of nitrogens with one attached hydrogen (secondary N) is 2. The molecule has 138 valence electrons. The molecule has 6 heteroatoms. The van der Waals surface area contributed by atoms with E-state index in [1.807, 2.05) is 6.07 Å². The highest BCUT2D eigenvalue weighted by atomic mass is 16.5. The number of carbonyl (C=O) groups excluding carboxylic acids is 1. The number of pyridine rings is 1. The summed E-state index contributed by atoms with van der Waals surface area (Å²) in [5.41, 5.74) is 4.67. The third kappa shape index (κ3) is 5.28. The van der Waals surface area contributed by atoms with E-state index < -0.39 is 0 Å². The van der Waals surface area contributed by atoms with Crippen LogP contribution in [0.25, 0.3) is 0 Å². The first-order valence-electron chi connectivity index (χ1n) is 9.00. The van der Waals surface area contributed by atoms with Crippen molar-refractivity contribution >= 4 is 17.3 Å². The second-order valence-corrected chi connectivity index (χ2v) is 6.64. The predicted molar refractivity (Wildman–Crippen MR) is 103 cm³/mol. The molecule has 1 amide bonds. The lowest BCUT2D eigenvalue weighted by atomic mass is 10.1. The Balaban J connectivity index is 1.56. The second kappa shape index (κ2) is 8.78. The molecule has 0 radical (unpaired) electrons. The minimum atomic E-state index is -0.151. The average molecular weight is 354 g/mol. The lowest BCUT2D eigenvalue weighted by molar-refractivity contribution is 0.0383. The summed E-state index contributed by atoms with van der Waals surface area (Å²) in [5.74, 6) is -0.151. The summed E-state index contributed by atoms with van der Waals surface area (Å²) < 4.78 is 5.33. The summed E-state index contributed by atoms with van der Waals surface area (Å²) in [6.07, 6.45) is 1.65. The van der Waals surface area contributed by atoms with Gasteiger partial charge in [0.2, 0.25) is 0 Å². The van der Waals surface area contributed by atoms with E-state index >= 15 is 0 Å². The molecule has 6 nitrogen and oxygen atoms in total. The van der Waals surface area contributed by atoms with Crippen molar-refractivity contribution in [2.24, 2.45) is 0 Å². The summed E-state index contributed by atoms with van der Waals surface area (Å²) in [6, 6.07) is 9.93. The van der Waals surface area contributed by atoms with Crippen molar-refractivity contribution in [1.29, 1.82) is 0 Å². The Bertz CT molecular complexity index is 737. The molecule has 1 aliphatic rings. The number of amides is 1. The van der Waals surface area contributed by atoms with E-state index in [9.17, 15) is 4.79 Å². The quantitative estimate of drug-likeness (QED) is 0.834. The first-order chi connectivity index (χ1) is 12.6. The summed E-state index contributed by atoms with van der Waals surface area (Å²) in [4.78, 5) is 18.8. The molecule has 0 saturated carbocycles. The Morgan fingerprint density at radius 1 is 1.12 bits per heavy atom. The van der Waals surface area contributed by atoms with Crippen molar-refractivity contribution in [3.05, 3.63) is 53.3 Å². The van der Waals surface area contributed by atoms with Crippen LogP contribution in [-0.4, -0.2) is 55.2 Å². The predicted octanol–water partition coefficient (Wildman–Crippen LogP) is 2.50.